The number of carbonyl (C=O) groups is 1. The number of rotatable bonds is 3. The van der Waals surface area contributed by atoms with Crippen LogP contribution in [0, 0.1) is 0 Å². The van der Waals surface area contributed by atoms with E-state index in [0.717, 1.165) is 21.4 Å². The lowest BCUT2D eigenvalue weighted by molar-refractivity contribution is -0.116. The van der Waals surface area contributed by atoms with Gasteiger partial charge in [-0.1, -0.05) is 37.9 Å². The average Bonchev–Trinajstić information content (AvgIpc) is 2.15. The average molecular weight is 338 g/mol. The fourth-order valence-corrected chi connectivity index (χ4v) is 2.06. The largest absolute Gasteiger partial charge is 0.298 e. The first-order chi connectivity index (χ1) is 6.54. The number of alkyl halides is 2. The Hall–Kier alpha value is 0.200. The Morgan fingerprint density at radius 3 is 2.64 bits per heavy atom. The number of thiol groups is 1. The number of Topliss-reactive ketones (excluding diaryl/α,β-unsaturated/α-hetero) is 1. The molecular formula is C10H10Br2OS. The molecule has 76 valence electrons. The zero-order valence-corrected chi connectivity index (χ0v) is 11.7. The molecule has 0 N–H and O–H groups in total. The van der Waals surface area contributed by atoms with Crippen LogP contribution in [0.15, 0.2) is 23.1 Å². The summed E-state index contributed by atoms with van der Waals surface area (Å²) < 4.78 is 0. The molecule has 14 heavy (non-hydrogen) atoms. The molecule has 0 amide bonds. The minimum absolute atomic E-state index is 0.101. The van der Waals surface area contributed by atoms with Gasteiger partial charge in [-0.3, -0.25) is 4.79 Å². The maximum atomic E-state index is 11.2. The number of hydrogen-bond acceptors (Lipinski definition) is 2. The zero-order valence-electron chi connectivity index (χ0n) is 7.63. The quantitative estimate of drug-likeness (QED) is 0.654. The fourth-order valence-electron chi connectivity index (χ4n) is 1.16. The first-order valence-corrected chi connectivity index (χ1v) is 6.56. The predicted molar refractivity (Wildman–Crippen MR) is 68.7 cm³/mol. The third kappa shape index (κ3) is 3.11. The number of halogens is 2. The van der Waals surface area contributed by atoms with Crippen LogP contribution < -0.4 is 0 Å². The van der Waals surface area contributed by atoms with Crippen molar-refractivity contribution in [1.29, 1.82) is 0 Å². The minimum Gasteiger partial charge on any atom is -0.298 e. The Morgan fingerprint density at radius 1 is 1.50 bits per heavy atom. The summed E-state index contributed by atoms with van der Waals surface area (Å²) in [6.07, 6.45) is 0. The molecule has 1 nitrogen and oxygen atoms in total. The third-order valence-electron chi connectivity index (χ3n) is 1.80. The highest BCUT2D eigenvalue weighted by Gasteiger charge is 2.13. The van der Waals surface area contributed by atoms with Crippen LogP contribution in [0.1, 0.15) is 22.9 Å². The zero-order chi connectivity index (χ0) is 10.7. The minimum atomic E-state index is -0.229. The van der Waals surface area contributed by atoms with Gasteiger partial charge in [0.1, 0.15) is 5.78 Å². The molecule has 0 spiro atoms. The van der Waals surface area contributed by atoms with Crippen molar-refractivity contribution >= 4 is 50.3 Å². The molecule has 0 saturated heterocycles. The molecule has 0 bridgehead atoms. The van der Waals surface area contributed by atoms with Crippen LogP contribution in [0.2, 0.25) is 0 Å². The van der Waals surface area contributed by atoms with Crippen LogP contribution in [-0.2, 0) is 10.1 Å². The van der Waals surface area contributed by atoms with Crippen LogP contribution in [0.4, 0.5) is 0 Å². The van der Waals surface area contributed by atoms with Gasteiger partial charge in [-0.2, -0.15) is 0 Å². The van der Waals surface area contributed by atoms with Crippen molar-refractivity contribution in [2.24, 2.45) is 0 Å². The van der Waals surface area contributed by atoms with Crippen LogP contribution in [0.5, 0.6) is 0 Å². The third-order valence-corrected chi connectivity index (χ3v) is 3.88. The maximum absolute atomic E-state index is 11.2. The predicted octanol–water partition coefficient (Wildman–Crippen LogP) is 3.90. The SMILES string of the molecule is CC(=O)C(Br)c1cc(S)cc(CBr)c1. The van der Waals surface area contributed by atoms with Crippen molar-refractivity contribution in [3.8, 4) is 0 Å². The van der Waals surface area contributed by atoms with Gasteiger partial charge in [0.2, 0.25) is 0 Å². The molecule has 0 radical (unpaired) electrons. The number of hydrogen-bond donors (Lipinski definition) is 1. The van der Waals surface area contributed by atoms with Gasteiger partial charge in [0, 0.05) is 10.2 Å². The van der Waals surface area contributed by atoms with Gasteiger partial charge in [-0.05, 0) is 30.2 Å². The molecule has 0 aliphatic rings. The van der Waals surface area contributed by atoms with Gasteiger partial charge in [0.15, 0.2) is 0 Å². The standard InChI is InChI=1S/C10H10Br2OS/c1-6(13)10(12)8-2-7(5-11)3-9(14)4-8/h2-4,10,14H,5H2,1H3. The van der Waals surface area contributed by atoms with Crippen molar-refractivity contribution in [3.05, 3.63) is 29.3 Å². The topological polar surface area (TPSA) is 17.1 Å². The molecule has 1 atom stereocenters. The van der Waals surface area contributed by atoms with Gasteiger partial charge >= 0.3 is 0 Å². The summed E-state index contributed by atoms with van der Waals surface area (Å²) in [5, 5.41) is 0.770. The molecule has 0 fully saturated rings. The Balaban J connectivity index is 3.08. The lowest BCUT2D eigenvalue weighted by atomic mass is 10.1. The van der Waals surface area contributed by atoms with E-state index >= 15 is 0 Å². The fraction of sp³-hybridized carbons (Fsp3) is 0.300. The van der Waals surface area contributed by atoms with Crippen LogP contribution in [0.25, 0.3) is 0 Å². The van der Waals surface area contributed by atoms with Gasteiger partial charge in [-0.25, -0.2) is 0 Å². The number of carbonyl (C=O) groups excluding carboxylic acids is 1. The molecule has 1 aromatic carbocycles. The van der Waals surface area contributed by atoms with E-state index in [1.165, 1.54) is 0 Å². The summed E-state index contributed by atoms with van der Waals surface area (Å²) >= 11 is 11.0. The first-order valence-electron chi connectivity index (χ1n) is 4.08. The molecule has 4 heteroatoms. The van der Waals surface area contributed by atoms with Gasteiger partial charge in [-0.15, -0.1) is 12.6 Å². The molecule has 1 rings (SSSR count). The summed E-state index contributed by atoms with van der Waals surface area (Å²) in [6.45, 7) is 1.57. The number of benzene rings is 1. The van der Waals surface area contributed by atoms with Gasteiger partial charge in [0.25, 0.3) is 0 Å². The Bertz CT molecular complexity index is 352. The Morgan fingerprint density at radius 2 is 2.14 bits per heavy atom. The van der Waals surface area contributed by atoms with Crippen molar-refractivity contribution in [1.82, 2.24) is 0 Å². The molecule has 1 aromatic rings. The van der Waals surface area contributed by atoms with Gasteiger partial charge < -0.3 is 0 Å². The van der Waals surface area contributed by atoms with Crippen LogP contribution in [-0.4, -0.2) is 5.78 Å². The van der Waals surface area contributed by atoms with E-state index in [4.69, 9.17) is 0 Å². The second kappa shape index (κ2) is 5.33. The van der Waals surface area contributed by atoms with Crippen molar-refractivity contribution < 1.29 is 4.79 Å². The van der Waals surface area contributed by atoms with Crippen molar-refractivity contribution in [2.75, 3.05) is 0 Å². The lowest BCUT2D eigenvalue weighted by Crippen LogP contribution is -2.01. The monoisotopic (exact) mass is 336 g/mol. The second-order valence-electron chi connectivity index (χ2n) is 3.04. The van der Waals surface area contributed by atoms with Crippen molar-refractivity contribution in [3.63, 3.8) is 0 Å². The highest BCUT2D eigenvalue weighted by Crippen LogP contribution is 2.27. The molecule has 1 unspecified atom stereocenters. The number of ketones is 1. The summed E-state index contributed by atoms with van der Waals surface area (Å²) in [4.78, 5) is 11.8. The van der Waals surface area contributed by atoms with E-state index in [2.05, 4.69) is 44.5 Å². The summed E-state index contributed by atoms with van der Waals surface area (Å²) in [7, 11) is 0. The van der Waals surface area contributed by atoms with Crippen LogP contribution in [0.3, 0.4) is 0 Å². The van der Waals surface area contributed by atoms with Crippen molar-refractivity contribution in [2.45, 2.75) is 22.0 Å². The molecule has 0 aliphatic carbocycles. The normalized spacial score (nSPS) is 12.6. The molecule has 0 aromatic heterocycles. The summed E-state index contributed by atoms with van der Waals surface area (Å²) in [5.41, 5.74) is 2.08. The maximum Gasteiger partial charge on any atom is 0.147 e. The van der Waals surface area contributed by atoms with E-state index in [1.54, 1.807) is 6.92 Å². The van der Waals surface area contributed by atoms with E-state index in [1.807, 2.05) is 18.2 Å². The molecule has 0 aliphatic heterocycles. The lowest BCUT2D eigenvalue weighted by Gasteiger charge is -2.08. The molecular weight excluding hydrogens is 328 g/mol. The van der Waals surface area contributed by atoms with E-state index < -0.39 is 0 Å². The summed E-state index contributed by atoms with van der Waals surface area (Å²) in [6, 6.07) is 5.87. The highest BCUT2D eigenvalue weighted by molar-refractivity contribution is 9.09. The van der Waals surface area contributed by atoms with Crippen LogP contribution >= 0.6 is 44.5 Å². The second-order valence-corrected chi connectivity index (χ2v) is 5.03. The smallest absolute Gasteiger partial charge is 0.147 e. The van der Waals surface area contributed by atoms with E-state index in [0.29, 0.717) is 0 Å². The molecule has 0 saturated carbocycles. The molecule has 0 heterocycles. The first kappa shape index (κ1) is 12.3. The van der Waals surface area contributed by atoms with Gasteiger partial charge in [0.05, 0.1) is 4.83 Å². The van der Waals surface area contributed by atoms with E-state index in [-0.39, 0.29) is 10.6 Å². The Labute approximate surface area is 106 Å². The Kier molecular flexibility index (Phi) is 4.67. The summed E-state index contributed by atoms with van der Waals surface area (Å²) in [5.74, 6) is 0.101. The van der Waals surface area contributed by atoms with E-state index in [9.17, 15) is 4.79 Å². The highest BCUT2D eigenvalue weighted by atomic mass is 79.9.